The summed E-state index contributed by atoms with van der Waals surface area (Å²) in [5, 5.41) is 1.35. The Morgan fingerprint density at radius 2 is 1.12 bits per heavy atom. The molecule has 10 rings (SSSR count). The summed E-state index contributed by atoms with van der Waals surface area (Å²) in [4.78, 5) is 49.5. The largest absolute Gasteiger partial charge is 0.298 e. The van der Waals surface area contributed by atoms with E-state index in [-0.39, 0.29) is 35.9 Å². The first-order chi connectivity index (χ1) is 27.6. The minimum Gasteiger partial charge on any atom is -0.298 e. The van der Waals surface area contributed by atoms with E-state index in [2.05, 4.69) is 43.4 Å². The fourth-order valence-corrected chi connectivity index (χ4v) is 8.64. The molecule has 4 aliphatic heterocycles. The number of benzene rings is 2. The Bertz CT molecular complexity index is 2660. The van der Waals surface area contributed by atoms with Crippen molar-refractivity contribution >= 4 is 46.6 Å². The Morgan fingerprint density at radius 3 is 1.72 bits per heavy atom. The van der Waals surface area contributed by atoms with Gasteiger partial charge in [0.1, 0.15) is 23.0 Å². The van der Waals surface area contributed by atoms with Gasteiger partial charge in [-0.3, -0.25) is 28.5 Å². The molecule has 0 bridgehead atoms. The molecule has 10 nitrogen and oxygen atoms in total. The molecule has 4 aromatic heterocycles. The average Bonchev–Trinajstić information content (AvgIpc) is 3.55. The molecular formula is C46H46Cl2N8O2. The maximum atomic E-state index is 13.1. The van der Waals surface area contributed by atoms with Gasteiger partial charge in [0.05, 0.1) is 21.8 Å². The fourth-order valence-electron chi connectivity index (χ4n) is 8.64. The van der Waals surface area contributed by atoms with Crippen LogP contribution in [0.5, 0.6) is 0 Å². The Kier molecular flexibility index (Phi) is 13.0. The molecule has 0 radical (unpaired) electrons. The Balaban J connectivity index is 0.000000171. The molecule has 0 N–H and O–H groups in total. The van der Waals surface area contributed by atoms with Crippen molar-refractivity contribution in [3.63, 3.8) is 0 Å². The maximum Gasteiger partial charge on any atom is 0.261 e. The van der Waals surface area contributed by atoms with Crippen LogP contribution in [-0.4, -0.2) is 77.1 Å². The van der Waals surface area contributed by atoms with E-state index in [0.717, 1.165) is 97.3 Å². The molecule has 0 amide bonds. The number of pyridine rings is 2. The lowest BCUT2D eigenvalue weighted by atomic mass is 9.99. The lowest BCUT2D eigenvalue weighted by molar-refractivity contribution is 0.144. The number of fused-ring (bicyclic) bond motifs is 6. The zero-order valence-electron chi connectivity index (χ0n) is 32.3. The molecule has 8 heterocycles. The van der Waals surface area contributed by atoms with E-state index in [0.29, 0.717) is 22.9 Å². The zero-order valence-corrected chi connectivity index (χ0v) is 34.0. The number of halogens is 2. The molecule has 4 aliphatic rings. The molecule has 296 valence electrons. The SMILES string of the molecule is Cl.Cl.O=c1c2ccc(C#Cc3ccccn3)cc2nc2n1CC1CCCCN1CC2.O=c1c2ccc(C#Cc3ccccn3)cc2nc2n1CCN1CCCCC1C2. The van der Waals surface area contributed by atoms with Crippen LogP contribution in [0, 0.1) is 23.7 Å². The second-order valence-corrected chi connectivity index (χ2v) is 15.1. The number of piperidine rings is 2. The van der Waals surface area contributed by atoms with Gasteiger partial charge in [-0.25, -0.2) is 19.9 Å². The minimum atomic E-state index is 0. The highest BCUT2D eigenvalue weighted by Gasteiger charge is 2.29. The van der Waals surface area contributed by atoms with Crippen LogP contribution >= 0.6 is 24.8 Å². The monoisotopic (exact) mass is 812 g/mol. The van der Waals surface area contributed by atoms with E-state index in [1.54, 1.807) is 12.4 Å². The Hall–Kier alpha value is -5.36. The molecule has 0 saturated carbocycles. The normalized spacial score (nSPS) is 18.6. The molecule has 0 aliphatic carbocycles. The van der Waals surface area contributed by atoms with E-state index in [9.17, 15) is 9.59 Å². The second kappa shape index (κ2) is 18.5. The van der Waals surface area contributed by atoms with Gasteiger partial charge in [0.15, 0.2) is 0 Å². The number of hydrogen-bond donors (Lipinski definition) is 0. The molecule has 6 aromatic rings. The summed E-state index contributed by atoms with van der Waals surface area (Å²) < 4.78 is 3.80. The first kappa shape index (κ1) is 40.8. The maximum absolute atomic E-state index is 13.1. The molecular weight excluding hydrogens is 767 g/mol. The van der Waals surface area contributed by atoms with Gasteiger partial charge in [-0.2, -0.15) is 0 Å². The number of aromatic nitrogens is 6. The second-order valence-electron chi connectivity index (χ2n) is 15.1. The summed E-state index contributed by atoms with van der Waals surface area (Å²) in [7, 11) is 0. The summed E-state index contributed by atoms with van der Waals surface area (Å²) in [6.45, 7) is 5.70. The summed E-state index contributed by atoms with van der Waals surface area (Å²) in [6.07, 6.45) is 12.6. The van der Waals surface area contributed by atoms with Gasteiger partial charge in [-0.05, 0) is 111 Å². The zero-order chi connectivity index (χ0) is 37.8. The van der Waals surface area contributed by atoms with E-state index in [1.165, 1.54) is 38.5 Å². The van der Waals surface area contributed by atoms with Crippen molar-refractivity contribution in [3.8, 4) is 23.7 Å². The van der Waals surface area contributed by atoms with E-state index >= 15 is 0 Å². The lowest BCUT2D eigenvalue weighted by Gasteiger charge is -2.33. The van der Waals surface area contributed by atoms with Gasteiger partial charge in [-0.15, -0.1) is 24.8 Å². The molecule has 0 spiro atoms. The standard InChI is InChI=1S/2C23H22N4O.2ClH/c28-23-20-10-8-17(7-9-18-5-1-3-12-24-18)15-21(20)25-22-11-14-26-13-4-2-6-19(26)16-27(22)23;28-23-20-10-8-17(7-9-18-5-1-3-11-24-18)15-21(20)25-22-16-19-6-2-4-12-26(19)13-14-27(22)23;;/h1,3,5,8,10,12,15,19H,2,4,6,11,13-14,16H2;1,3,5,8,10-11,15,19H,2,4,6,12-14,16H2;2*1H. The van der Waals surface area contributed by atoms with Crippen LogP contribution < -0.4 is 11.1 Å². The van der Waals surface area contributed by atoms with Crippen LogP contribution in [-0.2, 0) is 25.9 Å². The van der Waals surface area contributed by atoms with Crippen LogP contribution in [0.15, 0.2) is 94.8 Å². The summed E-state index contributed by atoms with van der Waals surface area (Å²) in [5.74, 6) is 14.2. The van der Waals surface area contributed by atoms with Crippen LogP contribution in [0.3, 0.4) is 0 Å². The third kappa shape index (κ3) is 8.87. The summed E-state index contributed by atoms with van der Waals surface area (Å²) in [5.41, 5.74) is 4.80. The number of hydrogen-bond acceptors (Lipinski definition) is 8. The first-order valence-corrected chi connectivity index (χ1v) is 20.0. The van der Waals surface area contributed by atoms with E-state index in [1.807, 2.05) is 81.9 Å². The molecule has 12 heteroatoms. The first-order valence-electron chi connectivity index (χ1n) is 20.0. The molecule has 58 heavy (non-hydrogen) atoms. The smallest absolute Gasteiger partial charge is 0.261 e. The molecule has 2 atom stereocenters. The van der Waals surface area contributed by atoms with Gasteiger partial charge in [-0.1, -0.05) is 36.8 Å². The number of rotatable bonds is 0. The van der Waals surface area contributed by atoms with E-state index in [4.69, 9.17) is 9.97 Å². The molecule has 2 saturated heterocycles. The Morgan fingerprint density at radius 1 is 0.552 bits per heavy atom. The third-order valence-electron chi connectivity index (χ3n) is 11.6. The average molecular weight is 814 g/mol. The van der Waals surface area contributed by atoms with Crippen LogP contribution in [0.4, 0.5) is 0 Å². The Labute approximate surface area is 350 Å². The van der Waals surface area contributed by atoms with Gasteiger partial charge < -0.3 is 0 Å². The van der Waals surface area contributed by atoms with Crippen molar-refractivity contribution in [2.75, 3.05) is 26.2 Å². The lowest BCUT2D eigenvalue weighted by Crippen LogP contribution is -2.42. The van der Waals surface area contributed by atoms with Crippen LogP contribution in [0.1, 0.15) is 72.7 Å². The molecule has 2 unspecified atom stereocenters. The van der Waals surface area contributed by atoms with Gasteiger partial charge in [0.25, 0.3) is 11.1 Å². The minimum absolute atomic E-state index is 0. The fraction of sp³-hybridized carbons (Fsp3) is 0.348. The van der Waals surface area contributed by atoms with Gasteiger partial charge in [0, 0.05) is 74.6 Å². The van der Waals surface area contributed by atoms with Gasteiger partial charge in [0.2, 0.25) is 0 Å². The van der Waals surface area contributed by atoms with Crippen molar-refractivity contribution in [3.05, 3.63) is 140 Å². The van der Waals surface area contributed by atoms with Crippen molar-refractivity contribution in [1.82, 2.24) is 38.9 Å². The predicted molar refractivity (Wildman–Crippen MR) is 233 cm³/mol. The van der Waals surface area contributed by atoms with E-state index < -0.39 is 0 Å². The van der Waals surface area contributed by atoms with Crippen LogP contribution in [0.25, 0.3) is 21.8 Å². The topological polar surface area (TPSA) is 102 Å². The highest BCUT2D eigenvalue weighted by molar-refractivity contribution is 5.85. The van der Waals surface area contributed by atoms with Crippen molar-refractivity contribution in [1.29, 1.82) is 0 Å². The van der Waals surface area contributed by atoms with Crippen molar-refractivity contribution in [2.24, 2.45) is 0 Å². The molecule has 2 fully saturated rings. The van der Waals surface area contributed by atoms with Crippen molar-refractivity contribution < 1.29 is 0 Å². The predicted octanol–water partition coefficient (Wildman–Crippen LogP) is 6.05. The van der Waals surface area contributed by atoms with Crippen molar-refractivity contribution in [2.45, 2.75) is 76.5 Å². The number of nitrogens with zero attached hydrogens (tertiary/aromatic N) is 8. The van der Waals surface area contributed by atoms with Crippen LogP contribution in [0.2, 0.25) is 0 Å². The highest BCUT2D eigenvalue weighted by Crippen LogP contribution is 2.24. The highest BCUT2D eigenvalue weighted by atomic mass is 35.5. The summed E-state index contributed by atoms with van der Waals surface area (Å²) >= 11 is 0. The van der Waals surface area contributed by atoms with Gasteiger partial charge >= 0.3 is 0 Å². The third-order valence-corrected chi connectivity index (χ3v) is 11.6. The summed E-state index contributed by atoms with van der Waals surface area (Å²) in [6, 6.07) is 23.7. The molecule has 2 aromatic carbocycles. The quantitative estimate of drug-likeness (QED) is 0.171.